The van der Waals surface area contributed by atoms with Crippen LogP contribution in [0.1, 0.15) is 25.7 Å². The lowest BCUT2D eigenvalue weighted by Crippen LogP contribution is -2.29. The van der Waals surface area contributed by atoms with Gasteiger partial charge in [-0.05, 0) is 43.7 Å². The number of unbranched alkanes of at least 4 members (excludes halogenated alkanes) is 3. The molecule has 6 N–H and O–H groups in total. The van der Waals surface area contributed by atoms with Crippen LogP contribution in [0.4, 0.5) is 17.6 Å². The largest absolute Gasteiger partial charge is 0.394 e. The molecular weight excluding hydrogens is 412 g/mol. The first-order valence-electron chi connectivity index (χ1n) is 9.65. The van der Waals surface area contributed by atoms with Gasteiger partial charge in [-0.15, -0.1) is 0 Å². The monoisotopic (exact) mass is 440 g/mol. The lowest BCUT2D eigenvalue weighted by atomic mass is 10.2. The molecule has 0 radical (unpaired) electrons. The van der Waals surface area contributed by atoms with Gasteiger partial charge in [-0.3, -0.25) is 4.55 Å². The lowest BCUT2D eigenvalue weighted by Gasteiger charge is -2.09. The van der Waals surface area contributed by atoms with Gasteiger partial charge in [0.1, 0.15) is 6.33 Å². The van der Waals surface area contributed by atoms with E-state index in [2.05, 4.69) is 30.9 Å². The second-order valence-corrected chi connectivity index (χ2v) is 8.06. The maximum Gasteiger partial charge on any atom is 0.294 e. The summed E-state index contributed by atoms with van der Waals surface area (Å²) >= 11 is 0. The Bertz CT molecular complexity index is 866. The number of hydrogen-bond acceptors (Lipinski definition) is 10. The molecule has 0 saturated carbocycles. The molecular formula is C18H28N6O5S. The van der Waals surface area contributed by atoms with Gasteiger partial charge in [0.15, 0.2) is 0 Å². The molecule has 0 aliphatic heterocycles. The number of rotatable bonds is 14. The number of hydrogen-bond donors (Lipinski definition) is 6. The molecule has 1 heterocycles. The first kappa shape index (κ1) is 23.9. The van der Waals surface area contributed by atoms with Crippen LogP contribution in [-0.4, -0.2) is 70.5 Å². The van der Waals surface area contributed by atoms with Crippen molar-refractivity contribution in [2.75, 3.05) is 36.9 Å². The molecule has 30 heavy (non-hydrogen) atoms. The van der Waals surface area contributed by atoms with Gasteiger partial charge in [0.05, 0.1) is 17.6 Å². The van der Waals surface area contributed by atoms with E-state index in [0.29, 0.717) is 30.7 Å². The molecule has 166 valence electrons. The van der Waals surface area contributed by atoms with Crippen molar-refractivity contribution >= 4 is 27.7 Å². The van der Waals surface area contributed by atoms with Crippen molar-refractivity contribution in [2.24, 2.45) is 0 Å². The van der Waals surface area contributed by atoms with Crippen molar-refractivity contribution in [1.82, 2.24) is 20.3 Å². The summed E-state index contributed by atoms with van der Waals surface area (Å²) in [5.41, 5.74) is 0.569. The van der Waals surface area contributed by atoms with Crippen LogP contribution >= 0.6 is 0 Å². The predicted molar refractivity (Wildman–Crippen MR) is 112 cm³/mol. The Morgan fingerprint density at radius 2 is 1.63 bits per heavy atom. The molecule has 0 bridgehead atoms. The minimum absolute atomic E-state index is 0.190. The maximum atomic E-state index is 11.1. The number of aliphatic hydroxyl groups excluding tert-OH is 2. The van der Waals surface area contributed by atoms with E-state index in [0.717, 1.165) is 32.2 Å². The van der Waals surface area contributed by atoms with E-state index in [1.807, 2.05) is 0 Å². The van der Waals surface area contributed by atoms with E-state index in [-0.39, 0.29) is 11.5 Å². The predicted octanol–water partition coefficient (Wildman–Crippen LogP) is 0.777. The summed E-state index contributed by atoms with van der Waals surface area (Å²) in [6, 6.07) is 5.56. The summed E-state index contributed by atoms with van der Waals surface area (Å²) in [7, 11) is -4.23. The fourth-order valence-corrected chi connectivity index (χ4v) is 3.02. The molecule has 1 aromatic heterocycles. The smallest absolute Gasteiger partial charge is 0.294 e. The highest BCUT2D eigenvalue weighted by atomic mass is 32.2. The first-order valence-corrected chi connectivity index (χ1v) is 11.1. The highest BCUT2D eigenvalue weighted by Crippen LogP contribution is 2.16. The molecule has 2 rings (SSSR count). The zero-order chi connectivity index (χ0) is 21.8. The van der Waals surface area contributed by atoms with E-state index in [9.17, 15) is 13.5 Å². The molecule has 2 aromatic rings. The maximum absolute atomic E-state index is 11.1. The number of nitrogens with zero attached hydrogens (tertiary/aromatic N) is 3. The number of benzene rings is 1. The molecule has 1 atom stereocenters. The van der Waals surface area contributed by atoms with Crippen LogP contribution in [0.2, 0.25) is 0 Å². The highest BCUT2D eigenvalue weighted by Gasteiger charge is 2.09. The minimum atomic E-state index is -4.23. The van der Waals surface area contributed by atoms with E-state index >= 15 is 0 Å². The summed E-state index contributed by atoms with van der Waals surface area (Å²) in [4.78, 5) is 12.2. The van der Waals surface area contributed by atoms with E-state index in [1.165, 1.54) is 30.6 Å². The number of anilines is 3. The zero-order valence-corrected chi connectivity index (χ0v) is 17.3. The summed E-state index contributed by atoms with van der Waals surface area (Å²) in [6.07, 6.45) is 4.70. The van der Waals surface area contributed by atoms with Crippen LogP contribution < -0.4 is 16.0 Å². The quantitative estimate of drug-likeness (QED) is 0.181. The van der Waals surface area contributed by atoms with Crippen molar-refractivity contribution < 1.29 is 23.2 Å². The standard InChI is InChI=1S/C18H28N6O5S/c25-12-15(26)11-19-9-3-1-2-4-10-20-17-21-13-22-18(24-17)23-14-5-7-16(8-6-14)30(27,28)29/h5-8,13,15,19,25-26H,1-4,9-12H2,(H,27,28,29)(H2,20,21,22,23,24). The summed E-state index contributed by atoms with van der Waals surface area (Å²) in [5.74, 6) is 0.741. The molecule has 11 nitrogen and oxygen atoms in total. The van der Waals surface area contributed by atoms with E-state index in [4.69, 9.17) is 9.66 Å². The summed E-state index contributed by atoms with van der Waals surface area (Å²) in [5, 5.41) is 27.1. The summed E-state index contributed by atoms with van der Waals surface area (Å²) in [6.45, 7) is 1.69. The van der Waals surface area contributed by atoms with Crippen LogP contribution in [0.5, 0.6) is 0 Å². The van der Waals surface area contributed by atoms with Crippen molar-refractivity contribution in [2.45, 2.75) is 36.7 Å². The molecule has 12 heteroatoms. The number of aromatic nitrogens is 3. The molecule has 0 saturated heterocycles. The molecule has 0 spiro atoms. The van der Waals surface area contributed by atoms with Crippen LogP contribution in [0.3, 0.4) is 0 Å². The topological polar surface area (TPSA) is 170 Å². The van der Waals surface area contributed by atoms with E-state index < -0.39 is 16.2 Å². The van der Waals surface area contributed by atoms with Gasteiger partial charge in [-0.1, -0.05) is 12.8 Å². The van der Waals surface area contributed by atoms with Gasteiger partial charge in [0.25, 0.3) is 10.1 Å². The van der Waals surface area contributed by atoms with Gasteiger partial charge in [-0.25, -0.2) is 9.97 Å². The molecule has 1 aromatic carbocycles. The average molecular weight is 441 g/mol. The van der Waals surface area contributed by atoms with Crippen molar-refractivity contribution in [1.29, 1.82) is 0 Å². The first-order chi connectivity index (χ1) is 14.4. The average Bonchev–Trinajstić information content (AvgIpc) is 2.72. The van der Waals surface area contributed by atoms with Crippen LogP contribution in [-0.2, 0) is 10.1 Å². The zero-order valence-electron chi connectivity index (χ0n) is 16.5. The number of aliphatic hydroxyl groups is 2. The Morgan fingerprint density at radius 3 is 2.30 bits per heavy atom. The summed E-state index contributed by atoms with van der Waals surface area (Å²) < 4.78 is 31.1. The normalized spacial score (nSPS) is 12.5. The molecule has 0 aliphatic rings. The van der Waals surface area contributed by atoms with Gasteiger partial charge in [0, 0.05) is 18.8 Å². The van der Waals surface area contributed by atoms with Crippen LogP contribution in [0.25, 0.3) is 0 Å². The SMILES string of the molecule is O=S(=O)(O)c1ccc(Nc2ncnc(NCCCCCCNCC(O)CO)n2)cc1. The third-order valence-electron chi connectivity index (χ3n) is 4.13. The van der Waals surface area contributed by atoms with Gasteiger partial charge in [-0.2, -0.15) is 13.4 Å². The van der Waals surface area contributed by atoms with Crippen molar-refractivity contribution in [3.8, 4) is 0 Å². The minimum Gasteiger partial charge on any atom is -0.394 e. The molecule has 0 amide bonds. The fourth-order valence-electron chi connectivity index (χ4n) is 2.54. The Labute approximate surface area is 175 Å². The molecule has 0 fully saturated rings. The lowest BCUT2D eigenvalue weighted by molar-refractivity contribution is 0.0945. The number of nitrogens with one attached hydrogen (secondary N) is 3. The van der Waals surface area contributed by atoms with E-state index in [1.54, 1.807) is 0 Å². The van der Waals surface area contributed by atoms with Gasteiger partial charge < -0.3 is 26.2 Å². The van der Waals surface area contributed by atoms with Gasteiger partial charge >= 0.3 is 0 Å². The van der Waals surface area contributed by atoms with Crippen LogP contribution in [0, 0.1) is 0 Å². The molecule has 0 aliphatic carbocycles. The second kappa shape index (κ2) is 12.3. The Morgan fingerprint density at radius 1 is 0.967 bits per heavy atom. The Hall–Kier alpha value is -2.38. The van der Waals surface area contributed by atoms with Gasteiger partial charge in [0.2, 0.25) is 11.9 Å². The molecule has 1 unspecified atom stereocenters. The second-order valence-electron chi connectivity index (χ2n) is 6.64. The Kier molecular flexibility index (Phi) is 9.83. The highest BCUT2D eigenvalue weighted by molar-refractivity contribution is 7.85. The van der Waals surface area contributed by atoms with Crippen LogP contribution in [0.15, 0.2) is 35.5 Å². The van der Waals surface area contributed by atoms with Crippen molar-refractivity contribution in [3.63, 3.8) is 0 Å². The Balaban J connectivity index is 1.67. The fraction of sp³-hybridized carbons (Fsp3) is 0.500. The third-order valence-corrected chi connectivity index (χ3v) is 5.00. The third kappa shape index (κ3) is 8.97. The van der Waals surface area contributed by atoms with Crippen molar-refractivity contribution in [3.05, 3.63) is 30.6 Å².